The number of nitrogens with zero attached hydrogens (tertiary/aromatic N) is 3. The fraction of sp³-hybridized carbons (Fsp3) is 0.238. The second-order valence-electron chi connectivity index (χ2n) is 6.56. The molecule has 1 aromatic heterocycles. The van der Waals surface area contributed by atoms with E-state index in [1.54, 1.807) is 42.1 Å². The van der Waals surface area contributed by atoms with Crippen LogP contribution >= 0.6 is 46.7 Å². The summed E-state index contributed by atoms with van der Waals surface area (Å²) in [6.07, 6.45) is 0. The predicted molar refractivity (Wildman–Crippen MR) is 130 cm³/mol. The summed E-state index contributed by atoms with van der Waals surface area (Å²) in [4.78, 5) is 24.2. The molecule has 1 N–H and O–H groups in total. The van der Waals surface area contributed by atoms with Gasteiger partial charge in [-0.25, -0.2) is 4.79 Å². The second-order valence-corrected chi connectivity index (χ2v) is 9.33. The van der Waals surface area contributed by atoms with Gasteiger partial charge in [0.05, 0.1) is 29.9 Å². The molecule has 0 atom stereocenters. The molecule has 0 aliphatic rings. The molecule has 0 fully saturated rings. The molecular weight excluding hydrogens is 491 g/mol. The van der Waals surface area contributed by atoms with Gasteiger partial charge < -0.3 is 14.6 Å². The average Bonchev–Trinajstić information content (AvgIpc) is 3.13. The van der Waals surface area contributed by atoms with Gasteiger partial charge in [0.2, 0.25) is 5.91 Å². The lowest BCUT2D eigenvalue weighted by Crippen LogP contribution is -2.17. The summed E-state index contributed by atoms with van der Waals surface area (Å²) < 4.78 is 6.60. The number of esters is 1. The van der Waals surface area contributed by atoms with Crippen molar-refractivity contribution >= 4 is 64.3 Å². The highest BCUT2D eigenvalue weighted by atomic mass is 35.5. The molecule has 0 aliphatic carbocycles. The standard InChI is InChI=1S/C21H20Cl2N4O3S2/c1-27-18(11-31-10-13-7-8-14(22)9-16(13)23)25-26-21(27)32-12-19(28)24-17-6-4-3-5-15(17)20(29)30-2/h3-9H,10-12H2,1-2H3,(H,24,28). The molecule has 7 nitrogen and oxygen atoms in total. The molecule has 168 valence electrons. The summed E-state index contributed by atoms with van der Waals surface area (Å²) in [7, 11) is 3.16. The Morgan fingerprint density at radius 3 is 2.66 bits per heavy atom. The number of ether oxygens (including phenoxy) is 1. The number of carbonyl (C=O) groups excluding carboxylic acids is 2. The Labute approximate surface area is 204 Å². The van der Waals surface area contributed by atoms with E-state index in [9.17, 15) is 9.59 Å². The second kappa shape index (κ2) is 11.6. The number of methoxy groups -OCH3 is 1. The molecule has 0 bridgehead atoms. The zero-order chi connectivity index (χ0) is 23.1. The number of carbonyl (C=O) groups is 2. The number of amides is 1. The molecule has 11 heteroatoms. The number of para-hydroxylation sites is 1. The monoisotopic (exact) mass is 510 g/mol. The molecule has 0 saturated heterocycles. The third-order valence-electron chi connectivity index (χ3n) is 4.37. The summed E-state index contributed by atoms with van der Waals surface area (Å²) >= 11 is 15.1. The SMILES string of the molecule is COC(=O)c1ccccc1NC(=O)CSc1nnc(CSCc2ccc(Cl)cc2Cl)n1C. The van der Waals surface area contributed by atoms with Crippen molar-refractivity contribution < 1.29 is 14.3 Å². The number of halogens is 2. The van der Waals surface area contributed by atoms with Crippen molar-refractivity contribution in [1.82, 2.24) is 14.8 Å². The smallest absolute Gasteiger partial charge is 0.339 e. The van der Waals surface area contributed by atoms with Crippen molar-refractivity contribution in [3.05, 3.63) is 69.5 Å². The van der Waals surface area contributed by atoms with Crippen molar-refractivity contribution in [3.8, 4) is 0 Å². The van der Waals surface area contributed by atoms with Crippen LogP contribution in [0.5, 0.6) is 0 Å². The van der Waals surface area contributed by atoms with Gasteiger partial charge in [0.1, 0.15) is 5.82 Å². The molecule has 3 rings (SSSR count). The first-order valence-corrected chi connectivity index (χ1v) is 12.3. The molecule has 2 aromatic carbocycles. The first kappa shape index (κ1) is 24.4. The number of thioether (sulfide) groups is 2. The van der Waals surface area contributed by atoms with Crippen molar-refractivity contribution in [1.29, 1.82) is 0 Å². The quantitative estimate of drug-likeness (QED) is 0.317. The molecule has 0 radical (unpaired) electrons. The van der Waals surface area contributed by atoms with Crippen LogP contribution in [-0.4, -0.2) is 39.5 Å². The number of nitrogens with one attached hydrogen (secondary N) is 1. The summed E-state index contributed by atoms with van der Waals surface area (Å²) in [6.45, 7) is 0. The van der Waals surface area contributed by atoms with E-state index in [1.165, 1.54) is 18.9 Å². The van der Waals surface area contributed by atoms with Gasteiger partial charge in [0, 0.05) is 22.8 Å². The molecule has 0 spiro atoms. The minimum atomic E-state index is -0.510. The molecule has 0 saturated carbocycles. The average molecular weight is 511 g/mol. The molecule has 0 unspecified atom stereocenters. The third-order valence-corrected chi connectivity index (χ3v) is 6.95. The Kier molecular flexibility index (Phi) is 8.86. The summed E-state index contributed by atoms with van der Waals surface area (Å²) in [5.74, 6) is 1.50. The highest BCUT2D eigenvalue weighted by Gasteiger charge is 2.15. The maximum Gasteiger partial charge on any atom is 0.339 e. The summed E-state index contributed by atoms with van der Waals surface area (Å²) in [6, 6.07) is 12.1. The van der Waals surface area contributed by atoms with Crippen LogP contribution < -0.4 is 5.32 Å². The summed E-state index contributed by atoms with van der Waals surface area (Å²) in [5.41, 5.74) is 1.70. The van der Waals surface area contributed by atoms with Crippen LogP contribution in [0.2, 0.25) is 10.0 Å². The minimum Gasteiger partial charge on any atom is -0.465 e. The first-order chi connectivity index (χ1) is 15.4. The van der Waals surface area contributed by atoms with Crippen molar-refractivity contribution in [2.75, 3.05) is 18.2 Å². The Bertz CT molecular complexity index is 1120. The van der Waals surface area contributed by atoms with E-state index in [0.717, 1.165) is 11.4 Å². The van der Waals surface area contributed by atoms with Crippen molar-refractivity contribution in [3.63, 3.8) is 0 Å². The van der Waals surface area contributed by atoms with Crippen molar-refractivity contribution in [2.45, 2.75) is 16.7 Å². The zero-order valence-electron chi connectivity index (χ0n) is 17.3. The van der Waals surface area contributed by atoms with Gasteiger partial charge in [0.15, 0.2) is 5.16 Å². The van der Waals surface area contributed by atoms with Gasteiger partial charge >= 0.3 is 5.97 Å². The first-order valence-electron chi connectivity index (χ1n) is 9.39. The van der Waals surface area contributed by atoms with Crippen LogP contribution in [0.4, 0.5) is 5.69 Å². The highest BCUT2D eigenvalue weighted by molar-refractivity contribution is 7.99. The Hall–Kier alpha value is -2.20. The maximum atomic E-state index is 12.4. The maximum absolute atomic E-state index is 12.4. The fourth-order valence-electron chi connectivity index (χ4n) is 2.68. The Balaban J connectivity index is 1.52. The number of aromatic nitrogens is 3. The molecule has 32 heavy (non-hydrogen) atoms. The minimum absolute atomic E-state index is 0.120. The lowest BCUT2D eigenvalue weighted by Gasteiger charge is -2.09. The van der Waals surface area contributed by atoms with E-state index in [0.29, 0.717) is 38.0 Å². The van der Waals surface area contributed by atoms with Gasteiger partial charge in [-0.05, 0) is 29.8 Å². The summed E-state index contributed by atoms with van der Waals surface area (Å²) in [5, 5.41) is 13.0. The number of rotatable bonds is 9. The van der Waals surface area contributed by atoms with Gasteiger partial charge in [0.25, 0.3) is 0 Å². The Morgan fingerprint density at radius 2 is 1.91 bits per heavy atom. The molecule has 3 aromatic rings. The van der Waals surface area contributed by atoms with Crippen LogP contribution in [0.15, 0.2) is 47.6 Å². The zero-order valence-corrected chi connectivity index (χ0v) is 20.4. The van der Waals surface area contributed by atoms with Crippen LogP contribution in [0.3, 0.4) is 0 Å². The van der Waals surface area contributed by atoms with E-state index >= 15 is 0 Å². The van der Waals surface area contributed by atoms with Gasteiger partial charge in [-0.15, -0.1) is 22.0 Å². The van der Waals surface area contributed by atoms with Crippen LogP contribution in [-0.2, 0) is 28.1 Å². The molecule has 1 amide bonds. The molecule has 0 aliphatic heterocycles. The Morgan fingerprint density at radius 1 is 1.12 bits per heavy atom. The topological polar surface area (TPSA) is 86.1 Å². The van der Waals surface area contributed by atoms with E-state index < -0.39 is 5.97 Å². The largest absolute Gasteiger partial charge is 0.465 e. The van der Waals surface area contributed by atoms with E-state index in [2.05, 4.69) is 15.5 Å². The lowest BCUT2D eigenvalue weighted by atomic mass is 10.2. The normalized spacial score (nSPS) is 10.8. The third kappa shape index (κ3) is 6.41. The van der Waals surface area contributed by atoms with Gasteiger partial charge in [-0.3, -0.25) is 4.79 Å². The van der Waals surface area contributed by atoms with Gasteiger partial charge in [-0.2, -0.15) is 0 Å². The highest BCUT2D eigenvalue weighted by Crippen LogP contribution is 2.27. The van der Waals surface area contributed by atoms with Gasteiger partial charge in [-0.1, -0.05) is 53.2 Å². The number of hydrogen-bond acceptors (Lipinski definition) is 7. The number of hydrogen-bond donors (Lipinski definition) is 1. The van der Waals surface area contributed by atoms with E-state index in [1.807, 2.05) is 23.7 Å². The van der Waals surface area contributed by atoms with E-state index in [4.69, 9.17) is 27.9 Å². The molecule has 1 heterocycles. The van der Waals surface area contributed by atoms with Crippen LogP contribution in [0.1, 0.15) is 21.7 Å². The van der Waals surface area contributed by atoms with Crippen molar-refractivity contribution in [2.24, 2.45) is 7.05 Å². The molecular formula is C21H20Cl2N4O3S2. The van der Waals surface area contributed by atoms with Crippen LogP contribution in [0.25, 0.3) is 0 Å². The predicted octanol–water partition coefficient (Wildman–Crippen LogP) is 5.07. The lowest BCUT2D eigenvalue weighted by molar-refractivity contribution is -0.113. The van der Waals surface area contributed by atoms with E-state index in [-0.39, 0.29) is 11.7 Å². The number of benzene rings is 2. The van der Waals surface area contributed by atoms with Crippen LogP contribution in [0, 0.1) is 0 Å². The number of anilines is 1. The fourth-order valence-corrected chi connectivity index (χ4v) is 4.98.